The molecule has 2 fully saturated rings. The van der Waals surface area contributed by atoms with Crippen LogP contribution < -0.4 is 0 Å². The Hall–Kier alpha value is -0.890. The van der Waals surface area contributed by atoms with E-state index < -0.39 is 10.0 Å². The quantitative estimate of drug-likeness (QED) is 0.765. The van der Waals surface area contributed by atoms with Gasteiger partial charge in [0.1, 0.15) is 6.04 Å². The Morgan fingerprint density at radius 2 is 2.05 bits per heavy atom. The smallest absolute Gasteiger partial charge is 0.211 e. The van der Waals surface area contributed by atoms with E-state index in [0.29, 0.717) is 13.1 Å². The van der Waals surface area contributed by atoms with Gasteiger partial charge in [0, 0.05) is 31.3 Å². The van der Waals surface area contributed by atoms with Crippen molar-refractivity contribution >= 4 is 21.8 Å². The zero-order chi connectivity index (χ0) is 15.7. The van der Waals surface area contributed by atoms with Crippen molar-refractivity contribution < 1.29 is 13.0 Å². The van der Waals surface area contributed by atoms with Crippen LogP contribution in [0.2, 0.25) is 0 Å². The molecule has 22 heavy (non-hydrogen) atoms. The van der Waals surface area contributed by atoms with Crippen LogP contribution in [0.15, 0.2) is 4.63 Å². The molecule has 10 heteroatoms. The Labute approximate surface area is 134 Å². The van der Waals surface area contributed by atoms with E-state index in [4.69, 9.17) is 9.89 Å². The summed E-state index contributed by atoms with van der Waals surface area (Å²) in [5.41, 5.74) is 0. The lowest BCUT2D eigenvalue weighted by atomic mass is 10.1. The summed E-state index contributed by atoms with van der Waals surface area (Å²) in [5.74, 6) is 1.78. The van der Waals surface area contributed by atoms with Crippen molar-refractivity contribution in [1.82, 2.24) is 18.9 Å². The van der Waals surface area contributed by atoms with E-state index >= 15 is 0 Å². The summed E-state index contributed by atoms with van der Waals surface area (Å²) >= 11 is 1.79. The summed E-state index contributed by atoms with van der Waals surface area (Å²) in [4.78, 5) is 5.83. The van der Waals surface area contributed by atoms with E-state index in [9.17, 15) is 8.42 Å². The Bertz CT molecular complexity index is 632. The van der Waals surface area contributed by atoms with Gasteiger partial charge in [0.2, 0.25) is 10.0 Å². The van der Waals surface area contributed by atoms with E-state index in [0.717, 1.165) is 37.6 Å². The van der Waals surface area contributed by atoms with E-state index in [2.05, 4.69) is 11.0 Å². The van der Waals surface area contributed by atoms with E-state index in [1.807, 2.05) is 9.71 Å². The normalized spacial score (nSPS) is 25.7. The van der Waals surface area contributed by atoms with Crippen molar-refractivity contribution in [3.8, 4) is 6.07 Å². The minimum Gasteiger partial charge on any atom is -0.276 e. The molecule has 1 aromatic heterocycles. The molecule has 0 saturated carbocycles. The first-order chi connectivity index (χ1) is 10.5. The maximum atomic E-state index is 11.5. The lowest BCUT2D eigenvalue weighted by Crippen LogP contribution is -2.38. The molecular weight excluding hydrogens is 326 g/mol. The SMILES string of the molecule is CS(=O)(=O)N1CCC(n2on2CCN2CSCC2C#N)CC1. The Kier molecular flexibility index (Phi) is 4.59. The van der Waals surface area contributed by atoms with Crippen LogP contribution >= 0.6 is 11.8 Å². The highest BCUT2D eigenvalue weighted by atomic mass is 32.2. The number of rotatable bonds is 5. The first-order valence-electron chi connectivity index (χ1n) is 7.40. The monoisotopic (exact) mass is 347 g/mol. The highest BCUT2D eigenvalue weighted by Gasteiger charge is 2.31. The van der Waals surface area contributed by atoms with Crippen LogP contribution in [-0.4, -0.2) is 70.9 Å². The van der Waals surface area contributed by atoms with Crippen LogP contribution in [0.1, 0.15) is 18.9 Å². The van der Waals surface area contributed by atoms with Gasteiger partial charge in [-0.15, -0.1) is 11.8 Å². The molecule has 0 amide bonds. The standard InChI is InChI=1S/C12H21N5O3S2/c1-22(18,19)15-4-2-11(3-5-15)17-16(20-17)7-6-14-10-21-9-12(14)8-13/h11-12H,2-7,9-10H2,1H3. The number of thioether (sulfide) groups is 1. The van der Waals surface area contributed by atoms with Gasteiger partial charge in [0.15, 0.2) is 0 Å². The molecule has 0 radical (unpaired) electrons. The molecule has 1 unspecified atom stereocenters. The second-order valence-corrected chi connectivity index (χ2v) is 8.79. The number of sulfonamides is 1. The predicted molar refractivity (Wildman–Crippen MR) is 82.8 cm³/mol. The molecule has 0 bridgehead atoms. The molecule has 1 atom stereocenters. The van der Waals surface area contributed by atoms with Gasteiger partial charge in [-0.2, -0.15) is 5.26 Å². The molecule has 124 valence electrons. The topological polar surface area (TPSA) is 87.4 Å². The number of nitriles is 1. The molecule has 1 aromatic rings. The summed E-state index contributed by atoms with van der Waals surface area (Å²) in [7, 11) is -3.08. The second kappa shape index (κ2) is 6.31. The average molecular weight is 347 g/mol. The summed E-state index contributed by atoms with van der Waals surface area (Å²) in [6, 6.07) is 2.58. The van der Waals surface area contributed by atoms with Crippen molar-refractivity contribution in [3.05, 3.63) is 0 Å². The first-order valence-corrected chi connectivity index (χ1v) is 10.4. The predicted octanol–water partition coefficient (Wildman–Crippen LogP) is 0.378. The molecule has 3 rings (SSSR count). The van der Waals surface area contributed by atoms with Gasteiger partial charge in [-0.1, -0.05) is 9.71 Å². The number of nitrogens with zero attached hydrogens (tertiary/aromatic N) is 5. The fraction of sp³-hybridized carbons (Fsp3) is 0.917. The molecule has 0 aliphatic carbocycles. The van der Waals surface area contributed by atoms with Crippen molar-refractivity contribution in [2.24, 2.45) is 0 Å². The lowest BCUT2D eigenvalue weighted by molar-refractivity contribution is 0.239. The third-order valence-corrected chi connectivity index (χ3v) is 6.65. The van der Waals surface area contributed by atoms with Crippen LogP contribution in [0.5, 0.6) is 0 Å². The Morgan fingerprint density at radius 3 is 2.68 bits per heavy atom. The fourth-order valence-electron chi connectivity index (χ4n) is 2.89. The molecule has 3 heterocycles. The highest BCUT2D eigenvalue weighted by Crippen LogP contribution is 2.26. The molecule has 8 nitrogen and oxygen atoms in total. The molecular formula is C12H21N5O3S2. The Balaban J connectivity index is 1.45. The zero-order valence-electron chi connectivity index (χ0n) is 12.6. The summed E-state index contributed by atoms with van der Waals surface area (Å²) in [6.45, 7) is 2.65. The van der Waals surface area contributed by atoms with Crippen molar-refractivity contribution in [1.29, 1.82) is 5.26 Å². The average Bonchev–Trinajstić information content (AvgIpc) is 3.13. The minimum atomic E-state index is -3.08. The van der Waals surface area contributed by atoms with Crippen LogP contribution in [0.3, 0.4) is 0 Å². The van der Waals surface area contributed by atoms with Crippen LogP contribution in [-0.2, 0) is 16.6 Å². The van der Waals surface area contributed by atoms with Gasteiger partial charge >= 0.3 is 0 Å². The van der Waals surface area contributed by atoms with E-state index in [1.165, 1.54) is 10.6 Å². The third-order valence-electron chi connectivity index (χ3n) is 4.28. The summed E-state index contributed by atoms with van der Waals surface area (Å²) in [6.07, 6.45) is 2.82. The van der Waals surface area contributed by atoms with Gasteiger partial charge in [-0.05, 0) is 12.8 Å². The van der Waals surface area contributed by atoms with Crippen LogP contribution in [0, 0.1) is 11.3 Å². The number of hydrogen-bond donors (Lipinski definition) is 0. The molecule has 2 saturated heterocycles. The maximum Gasteiger partial charge on any atom is 0.211 e. The molecule has 2 aliphatic rings. The number of hydrogen-bond acceptors (Lipinski definition) is 6. The van der Waals surface area contributed by atoms with Crippen molar-refractivity contribution in [2.45, 2.75) is 31.5 Å². The number of aromatic nitrogens is 2. The zero-order valence-corrected chi connectivity index (χ0v) is 14.2. The van der Waals surface area contributed by atoms with E-state index in [1.54, 1.807) is 11.8 Å². The van der Waals surface area contributed by atoms with Gasteiger partial charge in [0.25, 0.3) is 0 Å². The van der Waals surface area contributed by atoms with Gasteiger partial charge in [-0.3, -0.25) is 9.53 Å². The van der Waals surface area contributed by atoms with E-state index in [-0.39, 0.29) is 12.1 Å². The fourth-order valence-corrected chi connectivity index (χ4v) is 4.93. The Morgan fingerprint density at radius 1 is 1.32 bits per heavy atom. The van der Waals surface area contributed by atoms with Gasteiger partial charge in [-0.25, -0.2) is 12.7 Å². The third kappa shape index (κ3) is 3.53. The number of piperidine rings is 1. The van der Waals surface area contributed by atoms with Crippen molar-refractivity contribution in [2.75, 3.05) is 37.5 Å². The molecule has 0 spiro atoms. The van der Waals surface area contributed by atoms with Crippen molar-refractivity contribution in [3.63, 3.8) is 0 Å². The second-order valence-electron chi connectivity index (χ2n) is 5.81. The highest BCUT2D eigenvalue weighted by molar-refractivity contribution is 7.99. The maximum absolute atomic E-state index is 11.5. The minimum absolute atomic E-state index is 0.0106. The molecule has 2 aliphatic heterocycles. The summed E-state index contributed by atoms with van der Waals surface area (Å²) in [5, 5.41) is 9.05. The van der Waals surface area contributed by atoms with Gasteiger partial charge < -0.3 is 0 Å². The lowest BCUT2D eigenvalue weighted by Gasteiger charge is -2.27. The molecule has 0 N–H and O–H groups in total. The van der Waals surface area contributed by atoms with Gasteiger partial charge in [0.05, 0.1) is 24.9 Å². The largest absolute Gasteiger partial charge is 0.276 e. The van der Waals surface area contributed by atoms with Crippen LogP contribution in [0.4, 0.5) is 0 Å². The first kappa shape index (κ1) is 16.0. The van der Waals surface area contributed by atoms with Crippen LogP contribution in [0.25, 0.3) is 0 Å². The molecule has 0 aromatic carbocycles. The summed E-state index contributed by atoms with van der Waals surface area (Å²) < 4.78 is 30.0.